The van der Waals surface area contributed by atoms with Crippen LogP contribution in [0.25, 0.3) is 22.0 Å². The number of fused-ring (bicyclic) bond motifs is 1. The monoisotopic (exact) mass is 503 g/mol. The van der Waals surface area contributed by atoms with Crippen molar-refractivity contribution in [1.82, 2.24) is 14.5 Å². The molecule has 0 bridgehead atoms. The van der Waals surface area contributed by atoms with Crippen LogP contribution in [0.2, 0.25) is 0 Å². The second-order valence-corrected chi connectivity index (χ2v) is 10.4. The standard InChI is InChI=1S/C27H29N5O3S/c1-4-32(5-2)36(34,35)24-17-20(13-10-18(24)3)26-22-8-6-7-9-23(22)27(31-30-26)29-21-14-11-19(12-15-21)16-25(28)33/h6-15,17H,4-5,16H2,1-3H3,(H2,28,33)(H,29,31). The van der Waals surface area contributed by atoms with Crippen molar-refractivity contribution in [3.63, 3.8) is 0 Å². The lowest BCUT2D eigenvalue weighted by Crippen LogP contribution is -2.31. The van der Waals surface area contributed by atoms with Crippen LogP contribution in [0, 0.1) is 6.92 Å². The summed E-state index contributed by atoms with van der Waals surface area (Å²) in [5.41, 5.74) is 8.85. The van der Waals surface area contributed by atoms with E-state index in [0.717, 1.165) is 22.0 Å². The predicted octanol–water partition coefficient (Wildman–Crippen LogP) is 4.41. The molecule has 0 saturated heterocycles. The lowest BCUT2D eigenvalue weighted by atomic mass is 10.0. The van der Waals surface area contributed by atoms with E-state index in [1.165, 1.54) is 4.31 Å². The summed E-state index contributed by atoms with van der Waals surface area (Å²) in [5, 5.41) is 13.9. The van der Waals surface area contributed by atoms with E-state index in [-0.39, 0.29) is 17.2 Å². The molecule has 1 aromatic heterocycles. The second kappa shape index (κ2) is 10.4. The Balaban J connectivity index is 1.75. The third kappa shape index (κ3) is 5.07. The van der Waals surface area contributed by atoms with Crippen molar-refractivity contribution in [3.8, 4) is 11.3 Å². The Kier molecular flexibility index (Phi) is 7.32. The Bertz CT molecular complexity index is 1510. The first-order chi connectivity index (χ1) is 17.2. The van der Waals surface area contributed by atoms with Gasteiger partial charge in [0.05, 0.1) is 11.3 Å². The van der Waals surface area contributed by atoms with E-state index in [4.69, 9.17) is 5.73 Å². The SMILES string of the molecule is CCN(CC)S(=O)(=O)c1cc(-c2nnc(Nc3ccc(CC(N)=O)cc3)c3ccccc23)ccc1C. The molecule has 0 aliphatic carbocycles. The van der Waals surface area contributed by atoms with E-state index in [9.17, 15) is 13.2 Å². The Hall–Kier alpha value is -3.82. The summed E-state index contributed by atoms with van der Waals surface area (Å²) in [4.78, 5) is 11.4. The van der Waals surface area contributed by atoms with Gasteiger partial charge in [-0.1, -0.05) is 62.4 Å². The fourth-order valence-electron chi connectivity index (χ4n) is 4.18. The van der Waals surface area contributed by atoms with E-state index < -0.39 is 10.0 Å². The molecule has 3 aromatic carbocycles. The normalized spacial score (nSPS) is 11.7. The summed E-state index contributed by atoms with van der Waals surface area (Å²) in [7, 11) is -3.63. The summed E-state index contributed by atoms with van der Waals surface area (Å²) in [6.45, 7) is 6.25. The van der Waals surface area contributed by atoms with Crippen molar-refractivity contribution >= 4 is 38.2 Å². The van der Waals surface area contributed by atoms with Crippen LogP contribution in [-0.4, -0.2) is 41.9 Å². The summed E-state index contributed by atoms with van der Waals surface area (Å²) in [6.07, 6.45) is 0.181. The summed E-state index contributed by atoms with van der Waals surface area (Å²) in [5.74, 6) is 0.187. The van der Waals surface area contributed by atoms with Gasteiger partial charge in [-0.05, 0) is 36.2 Å². The first kappa shape index (κ1) is 25.3. The molecule has 4 rings (SSSR count). The van der Waals surface area contributed by atoms with Crippen LogP contribution < -0.4 is 11.1 Å². The van der Waals surface area contributed by atoms with E-state index in [1.807, 2.05) is 74.5 Å². The van der Waals surface area contributed by atoms with Gasteiger partial charge in [-0.3, -0.25) is 4.79 Å². The van der Waals surface area contributed by atoms with E-state index in [1.54, 1.807) is 13.0 Å². The topological polar surface area (TPSA) is 118 Å². The molecule has 8 nitrogen and oxygen atoms in total. The minimum atomic E-state index is -3.63. The Morgan fingerprint density at radius 2 is 1.61 bits per heavy atom. The van der Waals surface area contributed by atoms with Crippen LogP contribution >= 0.6 is 0 Å². The lowest BCUT2D eigenvalue weighted by Gasteiger charge is -2.20. The Morgan fingerprint density at radius 1 is 0.944 bits per heavy atom. The van der Waals surface area contributed by atoms with Gasteiger partial charge in [0, 0.05) is 35.1 Å². The average Bonchev–Trinajstić information content (AvgIpc) is 2.86. The highest BCUT2D eigenvalue weighted by molar-refractivity contribution is 7.89. The predicted molar refractivity (Wildman–Crippen MR) is 142 cm³/mol. The van der Waals surface area contributed by atoms with E-state index in [2.05, 4.69) is 15.5 Å². The van der Waals surface area contributed by atoms with Crippen LogP contribution in [0.5, 0.6) is 0 Å². The maximum atomic E-state index is 13.3. The Morgan fingerprint density at radius 3 is 2.25 bits per heavy atom. The molecule has 1 heterocycles. The third-order valence-corrected chi connectivity index (χ3v) is 8.26. The van der Waals surface area contributed by atoms with Gasteiger partial charge in [-0.25, -0.2) is 8.42 Å². The largest absolute Gasteiger partial charge is 0.369 e. The molecule has 0 spiro atoms. The molecule has 4 aromatic rings. The zero-order valence-corrected chi connectivity index (χ0v) is 21.3. The minimum absolute atomic E-state index is 0.181. The fourth-order valence-corrected chi connectivity index (χ4v) is 5.89. The van der Waals surface area contributed by atoms with Gasteiger partial charge in [0.1, 0.15) is 5.69 Å². The zero-order valence-electron chi connectivity index (χ0n) is 20.5. The number of carbonyl (C=O) groups is 1. The summed E-state index contributed by atoms with van der Waals surface area (Å²) < 4.78 is 28.0. The van der Waals surface area contributed by atoms with Crippen LogP contribution in [0.15, 0.2) is 71.6 Å². The number of nitrogens with two attached hydrogens (primary N) is 1. The zero-order chi connectivity index (χ0) is 25.9. The number of hydrogen-bond donors (Lipinski definition) is 2. The summed E-state index contributed by atoms with van der Waals surface area (Å²) >= 11 is 0. The van der Waals surface area contributed by atoms with Gasteiger partial charge in [0.2, 0.25) is 15.9 Å². The highest BCUT2D eigenvalue weighted by Gasteiger charge is 2.24. The number of amides is 1. The molecule has 9 heteroatoms. The number of anilines is 2. The van der Waals surface area contributed by atoms with Gasteiger partial charge in [0.15, 0.2) is 5.82 Å². The molecule has 0 saturated carbocycles. The van der Waals surface area contributed by atoms with Gasteiger partial charge in [-0.2, -0.15) is 4.31 Å². The maximum absolute atomic E-state index is 13.3. The van der Waals surface area contributed by atoms with Crippen LogP contribution in [-0.2, 0) is 21.2 Å². The highest BCUT2D eigenvalue weighted by Crippen LogP contribution is 2.33. The van der Waals surface area contributed by atoms with Gasteiger partial charge >= 0.3 is 0 Å². The molecular weight excluding hydrogens is 474 g/mol. The quantitative estimate of drug-likeness (QED) is 0.349. The van der Waals surface area contributed by atoms with Crippen LogP contribution in [0.4, 0.5) is 11.5 Å². The molecular formula is C27H29N5O3S. The lowest BCUT2D eigenvalue weighted by molar-refractivity contribution is -0.117. The average molecular weight is 504 g/mol. The number of rotatable bonds is 9. The molecule has 1 amide bonds. The molecule has 0 unspecified atom stereocenters. The van der Waals surface area contributed by atoms with Gasteiger partial charge < -0.3 is 11.1 Å². The molecule has 36 heavy (non-hydrogen) atoms. The van der Waals surface area contributed by atoms with Crippen molar-refractivity contribution < 1.29 is 13.2 Å². The van der Waals surface area contributed by atoms with Gasteiger partial charge in [0.25, 0.3) is 0 Å². The first-order valence-corrected chi connectivity index (χ1v) is 13.2. The number of sulfonamides is 1. The number of nitrogens with zero attached hydrogens (tertiary/aromatic N) is 3. The highest BCUT2D eigenvalue weighted by atomic mass is 32.2. The maximum Gasteiger partial charge on any atom is 0.243 e. The molecule has 0 aliphatic rings. The number of hydrogen-bond acceptors (Lipinski definition) is 6. The number of nitrogens with one attached hydrogen (secondary N) is 1. The van der Waals surface area contributed by atoms with Gasteiger partial charge in [-0.15, -0.1) is 10.2 Å². The van der Waals surface area contributed by atoms with E-state index in [0.29, 0.717) is 35.7 Å². The van der Waals surface area contributed by atoms with Crippen molar-refractivity contribution in [1.29, 1.82) is 0 Å². The smallest absolute Gasteiger partial charge is 0.243 e. The first-order valence-electron chi connectivity index (χ1n) is 11.8. The van der Waals surface area contributed by atoms with Crippen LogP contribution in [0.3, 0.4) is 0 Å². The molecule has 0 aliphatic heterocycles. The number of primary amides is 1. The molecule has 0 fully saturated rings. The number of aryl methyl sites for hydroxylation is 1. The van der Waals surface area contributed by atoms with Crippen LogP contribution in [0.1, 0.15) is 25.0 Å². The Labute approximate surface area is 211 Å². The summed E-state index contributed by atoms with van der Waals surface area (Å²) in [6, 6.07) is 20.5. The van der Waals surface area contributed by atoms with Crippen molar-refractivity contribution in [3.05, 3.63) is 77.9 Å². The second-order valence-electron chi connectivity index (χ2n) is 8.48. The van der Waals surface area contributed by atoms with Crippen molar-refractivity contribution in [2.75, 3.05) is 18.4 Å². The number of benzene rings is 3. The number of carbonyl (C=O) groups excluding carboxylic acids is 1. The fraction of sp³-hybridized carbons (Fsp3) is 0.222. The molecule has 0 atom stereocenters. The molecule has 0 radical (unpaired) electrons. The molecule has 3 N–H and O–H groups in total. The minimum Gasteiger partial charge on any atom is -0.369 e. The van der Waals surface area contributed by atoms with Crippen molar-refractivity contribution in [2.24, 2.45) is 5.73 Å². The van der Waals surface area contributed by atoms with Crippen molar-refractivity contribution in [2.45, 2.75) is 32.1 Å². The number of aromatic nitrogens is 2. The molecule has 186 valence electrons. The third-order valence-electron chi connectivity index (χ3n) is 6.07. The van der Waals surface area contributed by atoms with E-state index >= 15 is 0 Å².